The van der Waals surface area contributed by atoms with Gasteiger partial charge in [0.25, 0.3) is 0 Å². The van der Waals surface area contributed by atoms with Gasteiger partial charge in [0.2, 0.25) is 6.20 Å². The highest BCUT2D eigenvalue weighted by Gasteiger charge is 2.08. The molecule has 0 unspecified atom stereocenters. The Morgan fingerprint density at radius 1 is 1.06 bits per heavy atom. The third-order valence-corrected chi connectivity index (χ3v) is 2.81. The van der Waals surface area contributed by atoms with Crippen molar-refractivity contribution in [3.8, 4) is 0 Å². The van der Waals surface area contributed by atoms with E-state index in [2.05, 4.69) is 0 Å². The molecular formula is C14H9NO3. The molecule has 4 heteroatoms. The van der Waals surface area contributed by atoms with Crippen LogP contribution in [0.5, 0.6) is 0 Å². The second kappa shape index (κ2) is 4.00. The molecule has 3 aromatic rings. The maximum atomic E-state index is 10.4. The summed E-state index contributed by atoms with van der Waals surface area (Å²) in [6.45, 7) is 0. The van der Waals surface area contributed by atoms with Crippen LogP contribution < -0.4 is 0 Å². The highest BCUT2D eigenvalue weighted by molar-refractivity contribution is 6.07. The number of fused-ring (bicyclic) bond motifs is 3. The second-order valence-electron chi connectivity index (χ2n) is 3.92. The summed E-state index contributed by atoms with van der Waals surface area (Å²) < 4.78 is 5.74. The molecule has 0 saturated carbocycles. The zero-order chi connectivity index (χ0) is 12.5. The lowest BCUT2D eigenvalue weighted by molar-refractivity contribution is -0.400. The lowest BCUT2D eigenvalue weighted by Crippen LogP contribution is -1.82. The van der Waals surface area contributed by atoms with Gasteiger partial charge in [0.1, 0.15) is 11.2 Å². The van der Waals surface area contributed by atoms with E-state index >= 15 is 0 Å². The largest absolute Gasteiger partial charge is 0.455 e. The van der Waals surface area contributed by atoms with Gasteiger partial charge < -0.3 is 4.42 Å². The summed E-state index contributed by atoms with van der Waals surface area (Å²) in [5, 5.41) is 12.4. The molecule has 1 heterocycles. The third kappa shape index (κ3) is 1.64. The first-order chi connectivity index (χ1) is 8.75. The fraction of sp³-hybridized carbons (Fsp3) is 0. The Morgan fingerprint density at radius 2 is 1.83 bits per heavy atom. The van der Waals surface area contributed by atoms with Crippen LogP contribution in [0.1, 0.15) is 5.56 Å². The molecule has 0 N–H and O–H groups in total. The molecule has 0 amide bonds. The first kappa shape index (κ1) is 10.5. The maximum absolute atomic E-state index is 10.4. The monoisotopic (exact) mass is 239 g/mol. The molecule has 0 aliphatic rings. The van der Waals surface area contributed by atoms with Crippen LogP contribution in [0, 0.1) is 10.1 Å². The fourth-order valence-electron chi connectivity index (χ4n) is 2.04. The molecule has 0 spiro atoms. The first-order valence-corrected chi connectivity index (χ1v) is 5.47. The number of rotatable bonds is 2. The first-order valence-electron chi connectivity index (χ1n) is 5.47. The number of nitrogens with zero attached hydrogens (tertiary/aromatic N) is 1. The molecule has 0 fully saturated rings. The fourth-order valence-corrected chi connectivity index (χ4v) is 2.04. The average molecular weight is 239 g/mol. The molecule has 0 radical (unpaired) electrons. The summed E-state index contributed by atoms with van der Waals surface area (Å²) in [5.41, 5.74) is 2.17. The summed E-state index contributed by atoms with van der Waals surface area (Å²) in [4.78, 5) is 9.88. The van der Waals surface area contributed by atoms with Crippen LogP contribution >= 0.6 is 0 Å². The van der Waals surface area contributed by atoms with E-state index in [0.29, 0.717) is 11.1 Å². The Morgan fingerprint density at radius 3 is 2.67 bits per heavy atom. The van der Waals surface area contributed by atoms with Crippen molar-refractivity contribution >= 4 is 28.0 Å². The lowest BCUT2D eigenvalue weighted by atomic mass is 10.1. The SMILES string of the molecule is O=[N+]([O-])/C=C/c1cccc2c1oc1ccccc12. The summed E-state index contributed by atoms with van der Waals surface area (Å²) in [7, 11) is 0. The van der Waals surface area contributed by atoms with E-state index in [1.807, 2.05) is 36.4 Å². The molecule has 3 rings (SSSR count). The number of nitro groups is 1. The molecule has 0 aliphatic carbocycles. The van der Waals surface area contributed by atoms with Crippen LogP contribution in [0.3, 0.4) is 0 Å². The van der Waals surface area contributed by atoms with Crippen molar-refractivity contribution < 1.29 is 9.34 Å². The van der Waals surface area contributed by atoms with Crippen molar-refractivity contribution in [2.24, 2.45) is 0 Å². The van der Waals surface area contributed by atoms with E-state index in [4.69, 9.17) is 4.42 Å². The van der Waals surface area contributed by atoms with E-state index in [1.165, 1.54) is 6.08 Å². The highest BCUT2D eigenvalue weighted by Crippen LogP contribution is 2.31. The standard InChI is InChI=1S/C14H9NO3/c16-15(17)9-8-10-4-3-6-12-11-5-1-2-7-13(11)18-14(10)12/h1-9H/b9-8+. The Labute approximate surface area is 102 Å². The molecule has 2 aromatic carbocycles. The van der Waals surface area contributed by atoms with Gasteiger partial charge in [-0.3, -0.25) is 10.1 Å². The normalized spacial score (nSPS) is 11.6. The number of hydrogen-bond acceptors (Lipinski definition) is 3. The summed E-state index contributed by atoms with van der Waals surface area (Å²) >= 11 is 0. The predicted molar refractivity (Wildman–Crippen MR) is 69.7 cm³/mol. The van der Waals surface area contributed by atoms with Crippen molar-refractivity contribution in [2.45, 2.75) is 0 Å². The third-order valence-electron chi connectivity index (χ3n) is 2.81. The topological polar surface area (TPSA) is 56.3 Å². The van der Waals surface area contributed by atoms with Gasteiger partial charge in [0.15, 0.2) is 0 Å². The van der Waals surface area contributed by atoms with Gasteiger partial charge in [-0.15, -0.1) is 0 Å². The number of furan rings is 1. The molecule has 0 atom stereocenters. The Balaban J connectivity index is 2.31. The van der Waals surface area contributed by atoms with Crippen LogP contribution in [-0.2, 0) is 0 Å². The summed E-state index contributed by atoms with van der Waals surface area (Å²) in [5.74, 6) is 0. The van der Waals surface area contributed by atoms with Crippen LogP contribution in [-0.4, -0.2) is 4.92 Å². The number of hydrogen-bond donors (Lipinski definition) is 0. The van der Waals surface area contributed by atoms with E-state index in [1.54, 1.807) is 6.07 Å². The average Bonchev–Trinajstić information content (AvgIpc) is 2.75. The summed E-state index contributed by atoms with van der Waals surface area (Å²) in [6.07, 6.45) is 2.37. The highest BCUT2D eigenvalue weighted by atomic mass is 16.6. The van der Waals surface area contributed by atoms with Gasteiger partial charge in [0, 0.05) is 22.4 Å². The molecule has 0 bridgehead atoms. The quantitative estimate of drug-likeness (QED) is 0.504. The van der Waals surface area contributed by atoms with Crippen LogP contribution in [0.4, 0.5) is 0 Å². The van der Waals surface area contributed by atoms with E-state index in [0.717, 1.165) is 22.6 Å². The molecule has 88 valence electrons. The number of para-hydroxylation sites is 2. The van der Waals surface area contributed by atoms with E-state index in [-0.39, 0.29) is 0 Å². The molecule has 0 saturated heterocycles. The number of benzene rings is 2. The van der Waals surface area contributed by atoms with Gasteiger partial charge >= 0.3 is 0 Å². The molecule has 18 heavy (non-hydrogen) atoms. The summed E-state index contributed by atoms with van der Waals surface area (Å²) in [6, 6.07) is 13.3. The second-order valence-corrected chi connectivity index (χ2v) is 3.92. The van der Waals surface area contributed by atoms with Gasteiger partial charge in [0.05, 0.1) is 4.92 Å². The molecule has 0 aliphatic heterocycles. The molecule has 1 aromatic heterocycles. The Hall–Kier alpha value is -2.62. The van der Waals surface area contributed by atoms with Crippen LogP contribution in [0.2, 0.25) is 0 Å². The van der Waals surface area contributed by atoms with Gasteiger partial charge in [-0.05, 0) is 6.07 Å². The minimum absolute atomic E-state index is 0.485. The van der Waals surface area contributed by atoms with Gasteiger partial charge in [-0.2, -0.15) is 0 Å². The minimum atomic E-state index is -0.485. The van der Waals surface area contributed by atoms with Gasteiger partial charge in [-0.25, -0.2) is 0 Å². The van der Waals surface area contributed by atoms with Crippen molar-refractivity contribution in [2.75, 3.05) is 0 Å². The minimum Gasteiger partial charge on any atom is -0.455 e. The molecule has 4 nitrogen and oxygen atoms in total. The lowest BCUT2D eigenvalue weighted by Gasteiger charge is -1.93. The van der Waals surface area contributed by atoms with Gasteiger partial charge in [-0.1, -0.05) is 36.4 Å². The molecular weight excluding hydrogens is 230 g/mol. The Bertz CT molecular complexity index is 771. The smallest absolute Gasteiger partial charge is 0.235 e. The van der Waals surface area contributed by atoms with Crippen molar-refractivity contribution in [1.82, 2.24) is 0 Å². The maximum Gasteiger partial charge on any atom is 0.235 e. The van der Waals surface area contributed by atoms with E-state index < -0.39 is 4.92 Å². The van der Waals surface area contributed by atoms with Crippen LogP contribution in [0.15, 0.2) is 53.1 Å². The van der Waals surface area contributed by atoms with Crippen molar-refractivity contribution in [3.63, 3.8) is 0 Å². The van der Waals surface area contributed by atoms with Crippen molar-refractivity contribution in [3.05, 3.63) is 64.3 Å². The predicted octanol–water partition coefficient (Wildman–Crippen LogP) is 3.83. The zero-order valence-electron chi connectivity index (χ0n) is 9.37. The Kier molecular flexibility index (Phi) is 2.34. The van der Waals surface area contributed by atoms with Crippen LogP contribution in [0.25, 0.3) is 28.0 Å². The zero-order valence-corrected chi connectivity index (χ0v) is 9.37. The van der Waals surface area contributed by atoms with Crippen molar-refractivity contribution in [1.29, 1.82) is 0 Å². The van der Waals surface area contributed by atoms with E-state index in [9.17, 15) is 10.1 Å².